The first-order chi connectivity index (χ1) is 10.2. The molecule has 1 heterocycles. The molecule has 0 spiro atoms. The lowest BCUT2D eigenvalue weighted by Crippen LogP contribution is -2.36. The van der Waals surface area contributed by atoms with Crippen LogP contribution in [0.15, 0.2) is 29.3 Å². The summed E-state index contributed by atoms with van der Waals surface area (Å²) in [5, 5.41) is 6.37. The second-order valence-corrected chi connectivity index (χ2v) is 4.66. The smallest absolute Gasteiger partial charge is 0.414 e. The van der Waals surface area contributed by atoms with Crippen LogP contribution in [0.3, 0.4) is 0 Å². The average molecular weight is 290 g/mol. The van der Waals surface area contributed by atoms with Crippen molar-refractivity contribution in [3.63, 3.8) is 0 Å². The summed E-state index contributed by atoms with van der Waals surface area (Å²) >= 11 is 0. The molecular weight excluding hydrogens is 268 g/mol. The maximum Gasteiger partial charge on any atom is 0.414 e. The van der Waals surface area contributed by atoms with Crippen molar-refractivity contribution in [2.75, 3.05) is 31.1 Å². The SMILES string of the molecule is CCNC(=NCc1ccc(N2CCOC2=O)cc1)NCC. The number of amides is 1. The minimum absolute atomic E-state index is 0.276. The van der Waals surface area contributed by atoms with E-state index in [4.69, 9.17) is 4.74 Å². The molecule has 21 heavy (non-hydrogen) atoms. The molecule has 2 N–H and O–H groups in total. The van der Waals surface area contributed by atoms with E-state index in [9.17, 15) is 4.79 Å². The van der Waals surface area contributed by atoms with Gasteiger partial charge in [0.25, 0.3) is 0 Å². The summed E-state index contributed by atoms with van der Waals surface area (Å²) in [5.74, 6) is 0.812. The molecule has 0 saturated carbocycles. The number of guanidine groups is 1. The predicted octanol–water partition coefficient (Wildman–Crippen LogP) is 1.72. The summed E-state index contributed by atoms with van der Waals surface area (Å²) in [4.78, 5) is 17.6. The van der Waals surface area contributed by atoms with Gasteiger partial charge in [-0.15, -0.1) is 0 Å². The average Bonchev–Trinajstić information content (AvgIpc) is 2.92. The van der Waals surface area contributed by atoms with Crippen molar-refractivity contribution in [1.29, 1.82) is 0 Å². The number of aliphatic imine (C=N–C) groups is 1. The number of carbonyl (C=O) groups excluding carboxylic acids is 1. The van der Waals surface area contributed by atoms with Crippen LogP contribution in [0.2, 0.25) is 0 Å². The molecule has 114 valence electrons. The van der Waals surface area contributed by atoms with E-state index >= 15 is 0 Å². The van der Waals surface area contributed by atoms with Crippen molar-refractivity contribution in [2.45, 2.75) is 20.4 Å². The van der Waals surface area contributed by atoms with Crippen LogP contribution in [-0.2, 0) is 11.3 Å². The summed E-state index contributed by atoms with van der Waals surface area (Å²) in [6, 6.07) is 7.83. The van der Waals surface area contributed by atoms with E-state index in [0.29, 0.717) is 19.7 Å². The molecule has 0 radical (unpaired) electrons. The second-order valence-electron chi connectivity index (χ2n) is 4.66. The van der Waals surface area contributed by atoms with Crippen molar-refractivity contribution in [3.8, 4) is 0 Å². The fraction of sp³-hybridized carbons (Fsp3) is 0.467. The molecule has 2 rings (SSSR count). The number of anilines is 1. The molecule has 1 aliphatic heterocycles. The van der Waals surface area contributed by atoms with Gasteiger partial charge in [-0.25, -0.2) is 9.79 Å². The third kappa shape index (κ3) is 4.11. The van der Waals surface area contributed by atoms with Gasteiger partial charge in [0.1, 0.15) is 6.61 Å². The Hall–Kier alpha value is -2.24. The van der Waals surface area contributed by atoms with E-state index in [1.807, 2.05) is 38.1 Å². The van der Waals surface area contributed by atoms with Crippen molar-refractivity contribution < 1.29 is 9.53 Å². The molecule has 1 saturated heterocycles. The lowest BCUT2D eigenvalue weighted by Gasteiger charge is -2.13. The van der Waals surface area contributed by atoms with Gasteiger partial charge in [-0.05, 0) is 31.5 Å². The molecule has 6 heteroatoms. The maximum absolute atomic E-state index is 11.5. The molecule has 6 nitrogen and oxygen atoms in total. The van der Waals surface area contributed by atoms with Crippen LogP contribution in [0, 0.1) is 0 Å². The fourth-order valence-electron chi connectivity index (χ4n) is 2.09. The molecule has 1 aromatic rings. The van der Waals surface area contributed by atoms with Crippen LogP contribution >= 0.6 is 0 Å². The number of ether oxygens (including phenoxy) is 1. The third-order valence-electron chi connectivity index (χ3n) is 3.12. The van der Waals surface area contributed by atoms with Crippen LogP contribution in [0.25, 0.3) is 0 Å². The zero-order valence-electron chi connectivity index (χ0n) is 12.6. The van der Waals surface area contributed by atoms with Crippen LogP contribution in [0.4, 0.5) is 10.5 Å². The quantitative estimate of drug-likeness (QED) is 0.640. The molecule has 1 aromatic carbocycles. The van der Waals surface area contributed by atoms with E-state index in [2.05, 4.69) is 15.6 Å². The first-order valence-corrected chi connectivity index (χ1v) is 7.30. The standard InChI is InChI=1S/C15H22N4O2/c1-3-16-14(17-4-2)18-11-12-5-7-13(8-6-12)19-9-10-21-15(19)20/h5-8H,3-4,9-11H2,1-2H3,(H2,16,17,18). The highest BCUT2D eigenvalue weighted by Gasteiger charge is 2.23. The van der Waals surface area contributed by atoms with Crippen molar-refractivity contribution in [3.05, 3.63) is 29.8 Å². The van der Waals surface area contributed by atoms with Gasteiger partial charge in [-0.2, -0.15) is 0 Å². The van der Waals surface area contributed by atoms with Gasteiger partial charge in [0, 0.05) is 18.8 Å². The Kier molecular flexibility index (Phi) is 5.43. The van der Waals surface area contributed by atoms with Gasteiger partial charge < -0.3 is 15.4 Å². The fourth-order valence-corrected chi connectivity index (χ4v) is 2.09. The minimum Gasteiger partial charge on any atom is -0.447 e. The maximum atomic E-state index is 11.5. The van der Waals surface area contributed by atoms with Gasteiger partial charge in [0.15, 0.2) is 5.96 Å². The summed E-state index contributed by atoms with van der Waals surface area (Å²) < 4.78 is 4.93. The van der Waals surface area contributed by atoms with Crippen LogP contribution in [0.1, 0.15) is 19.4 Å². The highest BCUT2D eigenvalue weighted by atomic mass is 16.6. The molecule has 1 fully saturated rings. The van der Waals surface area contributed by atoms with E-state index in [1.54, 1.807) is 4.90 Å². The van der Waals surface area contributed by atoms with E-state index < -0.39 is 0 Å². The Bertz CT molecular complexity index is 491. The highest BCUT2D eigenvalue weighted by Crippen LogP contribution is 2.19. The van der Waals surface area contributed by atoms with E-state index in [1.165, 1.54) is 0 Å². The number of cyclic esters (lactones) is 1. The summed E-state index contributed by atoms with van der Waals surface area (Å²) in [7, 11) is 0. The van der Waals surface area contributed by atoms with E-state index in [-0.39, 0.29) is 6.09 Å². The molecule has 1 aliphatic rings. The monoisotopic (exact) mass is 290 g/mol. The summed E-state index contributed by atoms with van der Waals surface area (Å²) in [5.41, 5.74) is 1.96. The number of hydrogen-bond acceptors (Lipinski definition) is 3. The Balaban J connectivity index is 1.98. The van der Waals surface area contributed by atoms with Crippen LogP contribution < -0.4 is 15.5 Å². The Labute approximate surface area is 125 Å². The Morgan fingerprint density at radius 2 is 1.90 bits per heavy atom. The number of nitrogens with zero attached hydrogens (tertiary/aromatic N) is 2. The molecule has 0 atom stereocenters. The van der Waals surface area contributed by atoms with Gasteiger partial charge in [-0.1, -0.05) is 12.1 Å². The summed E-state index contributed by atoms with van der Waals surface area (Å²) in [6.45, 7) is 7.41. The molecule has 0 bridgehead atoms. The first kappa shape index (κ1) is 15.2. The zero-order chi connectivity index (χ0) is 15.1. The van der Waals surface area contributed by atoms with Crippen molar-refractivity contribution in [1.82, 2.24) is 10.6 Å². The van der Waals surface area contributed by atoms with E-state index in [0.717, 1.165) is 30.3 Å². The molecule has 0 unspecified atom stereocenters. The molecule has 0 aromatic heterocycles. The number of rotatable bonds is 5. The molecule has 0 aliphatic carbocycles. The lowest BCUT2D eigenvalue weighted by atomic mass is 10.2. The van der Waals surface area contributed by atoms with Crippen LogP contribution in [-0.4, -0.2) is 38.3 Å². The third-order valence-corrected chi connectivity index (χ3v) is 3.12. The summed E-state index contributed by atoms with van der Waals surface area (Å²) in [6.07, 6.45) is -0.276. The molecule has 1 amide bonds. The Morgan fingerprint density at radius 3 is 2.43 bits per heavy atom. The molecular formula is C15H22N4O2. The van der Waals surface area contributed by atoms with Crippen LogP contribution in [0.5, 0.6) is 0 Å². The van der Waals surface area contributed by atoms with Gasteiger partial charge in [-0.3, -0.25) is 4.90 Å². The number of nitrogens with one attached hydrogen (secondary N) is 2. The zero-order valence-corrected chi connectivity index (χ0v) is 12.6. The van der Waals surface area contributed by atoms with Gasteiger partial charge in [0.05, 0.1) is 13.1 Å². The Morgan fingerprint density at radius 1 is 1.24 bits per heavy atom. The van der Waals surface area contributed by atoms with Crippen molar-refractivity contribution in [2.24, 2.45) is 4.99 Å². The van der Waals surface area contributed by atoms with Crippen molar-refractivity contribution >= 4 is 17.7 Å². The lowest BCUT2D eigenvalue weighted by molar-refractivity contribution is 0.181. The number of carbonyl (C=O) groups is 1. The number of hydrogen-bond donors (Lipinski definition) is 2. The minimum atomic E-state index is -0.276. The first-order valence-electron chi connectivity index (χ1n) is 7.30. The topological polar surface area (TPSA) is 66.0 Å². The second kappa shape index (κ2) is 7.52. The largest absolute Gasteiger partial charge is 0.447 e. The highest BCUT2D eigenvalue weighted by molar-refractivity contribution is 5.89. The predicted molar refractivity (Wildman–Crippen MR) is 83.6 cm³/mol. The number of benzene rings is 1. The van der Waals surface area contributed by atoms with Gasteiger partial charge >= 0.3 is 6.09 Å². The van der Waals surface area contributed by atoms with Gasteiger partial charge in [0.2, 0.25) is 0 Å². The normalized spacial score (nSPS) is 13.8.